The fraction of sp³-hybridized carbons (Fsp3) is 0.200. The number of hydrogen-bond donors (Lipinski definition) is 1. The summed E-state index contributed by atoms with van der Waals surface area (Å²) in [7, 11) is 0. The van der Waals surface area contributed by atoms with Crippen molar-refractivity contribution in [3.05, 3.63) is 74.9 Å². The zero-order valence-corrected chi connectivity index (χ0v) is 16.2. The quantitative estimate of drug-likeness (QED) is 0.556. The number of nitrogens with zero attached hydrogens (tertiary/aromatic N) is 1. The normalized spacial score (nSPS) is 10.6. The van der Waals surface area contributed by atoms with Crippen molar-refractivity contribution in [2.75, 3.05) is 11.4 Å². The molecule has 0 radical (unpaired) electrons. The predicted molar refractivity (Wildman–Crippen MR) is 108 cm³/mol. The van der Waals surface area contributed by atoms with E-state index in [2.05, 4.69) is 5.32 Å². The van der Waals surface area contributed by atoms with Crippen LogP contribution in [0.1, 0.15) is 27.4 Å². The third-order valence-electron chi connectivity index (χ3n) is 3.93. The Bertz CT molecular complexity index is 862. The second-order valence-corrected chi connectivity index (χ2v) is 7.85. The molecule has 2 amide bonds. The minimum Gasteiger partial charge on any atom is -0.351 e. The molecule has 2 aromatic heterocycles. The topological polar surface area (TPSA) is 49.4 Å². The third kappa shape index (κ3) is 5.48. The highest BCUT2D eigenvalue weighted by Gasteiger charge is 2.17. The Morgan fingerprint density at radius 2 is 1.74 bits per heavy atom. The molecule has 0 aliphatic carbocycles. The highest BCUT2D eigenvalue weighted by molar-refractivity contribution is 7.12. The predicted octanol–water partition coefficient (Wildman–Crippen LogP) is 4.69. The summed E-state index contributed by atoms with van der Waals surface area (Å²) in [5, 5.41) is 6.64. The molecule has 3 aromatic rings. The summed E-state index contributed by atoms with van der Waals surface area (Å²) in [5.74, 6) is -0.509. The summed E-state index contributed by atoms with van der Waals surface area (Å²) in [4.78, 5) is 28.0. The van der Waals surface area contributed by atoms with Crippen LogP contribution in [0.5, 0.6) is 0 Å². The van der Waals surface area contributed by atoms with Crippen LogP contribution in [0, 0.1) is 5.82 Å². The van der Waals surface area contributed by atoms with E-state index < -0.39 is 0 Å². The summed E-state index contributed by atoms with van der Waals surface area (Å²) in [5.41, 5.74) is 0.664. The van der Waals surface area contributed by atoms with Crippen molar-refractivity contribution in [3.8, 4) is 0 Å². The standard InChI is InChI=1S/C20H19FN2O2S2/c21-15-7-9-16(10-8-15)23(14-17-4-2-12-26-17)19(24)6-1-11-22-20(25)18-5-3-13-27-18/h2-5,7-10,12-13H,1,6,11,14H2,(H,22,25). The summed E-state index contributed by atoms with van der Waals surface area (Å²) >= 11 is 2.96. The molecule has 7 heteroatoms. The van der Waals surface area contributed by atoms with Gasteiger partial charge < -0.3 is 10.2 Å². The molecule has 0 saturated carbocycles. The zero-order chi connectivity index (χ0) is 19.1. The molecule has 0 saturated heterocycles. The van der Waals surface area contributed by atoms with Gasteiger partial charge in [-0.25, -0.2) is 4.39 Å². The molecule has 140 valence electrons. The third-order valence-corrected chi connectivity index (χ3v) is 5.66. The van der Waals surface area contributed by atoms with Crippen LogP contribution in [-0.4, -0.2) is 18.4 Å². The minimum atomic E-state index is -0.335. The molecular formula is C20H19FN2O2S2. The van der Waals surface area contributed by atoms with E-state index in [4.69, 9.17) is 0 Å². The van der Waals surface area contributed by atoms with Gasteiger partial charge in [-0.3, -0.25) is 9.59 Å². The Hall–Kier alpha value is -2.51. The number of carbonyl (C=O) groups excluding carboxylic acids is 2. The van der Waals surface area contributed by atoms with E-state index >= 15 is 0 Å². The van der Waals surface area contributed by atoms with Gasteiger partial charge in [-0.2, -0.15) is 0 Å². The first-order valence-corrected chi connectivity index (χ1v) is 10.3. The number of anilines is 1. The molecule has 0 bridgehead atoms. The van der Waals surface area contributed by atoms with Gasteiger partial charge in [0, 0.05) is 23.5 Å². The number of thiophene rings is 2. The lowest BCUT2D eigenvalue weighted by atomic mass is 10.2. The van der Waals surface area contributed by atoms with Gasteiger partial charge in [0.1, 0.15) is 5.82 Å². The van der Waals surface area contributed by atoms with Gasteiger partial charge in [0.05, 0.1) is 11.4 Å². The van der Waals surface area contributed by atoms with E-state index in [0.717, 1.165) is 4.88 Å². The van der Waals surface area contributed by atoms with Crippen LogP contribution < -0.4 is 10.2 Å². The molecule has 27 heavy (non-hydrogen) atoms. The van der Waals surface area contributed by atoms with Crippen LogP contribution in [0.2, 0.25) is 0 Å². The molecule has 4 nitrogen and oxygen atoms in total. The van der Waals surface area contributed by atoms with Crippen LogP contribution in [0.4, 0.5) is 10.1 Å². The fourth-order valence-electron chi connectivity index (χ4n) is 2.57. The smallest absolute Gasteiger partial charge is 0.261 e. The summed E-state index contributed by atoms with van der Waals surface area (Å²) in [6.45, 7) is 0.877. The lowest BCUT2D eigenvalue weighted by molar-refractivity contribution is -0.118. The Labute approximate surface area is 165 Å². The number of benzene rings is 1. The maximum absolute atomic E-state index is 13.2. The van der Waals surface area contributed by atoms with E-state index in [1.54, 1.807) is 34.4 Å². The number of hydrogen-bond acceptors (Lipinski definition) is 4. The molecule has 1 N–H and O–H groups in total. The molecule has 1 aromatic carbocycles. The maximum Gasteiger partial charge on any atom is 0.261 e. The molecule has 2 heterocycles. The van der Waals surface area contributed by atoms with Crippen LogP contribution in [-0.2, 0) is 11.3 Å². The number of amides is 2. The second-order valence-electron chi connectivity index (χ2n) is 5.87. The molecular weight excluding hydrogens is 383 g/mol. The van der Waals surface area contributed by atoms with Gasteiger partial charge in [-0.05, 0) is 53.6 Å². The number of halogens is 1. The SMILES string of the molecule is O=C(NCCCC(=O)N(Cc1cccs1)c1ccc(F)cc1)c1cccs1. The monoisotopic (exact) mass is 402 g/mol. The molecule has 0 aliphatic heterocycles. The average Bonchev–Trinajstić information content (AvgIpc) is 3.37. The van der Waals surface area contributed by atoms with Crippen molar-refractivity contribution in [2.24, 2.45) is 0 Å². The molecule has 0 spiro atoms. The first kappa shape index (κ1) is 19.3. The van der Waals surface area contributed by atoms with Crippen molar-refractivity contribution in [1.29, 1.82) is 0 Å². The van der Waals surface area contributed by atoms with Crippen molar-refractivity contribution in [3.63, 3.8) is 0 Å². The molecule has 0 unspecified atom stereocenters. The van der Waals surface area contributed by atoms with Crippen LogP contribution in [0.3, 0.4) is 0 Å². The fourth-order valence-corrected chi connectivity index (χ4v) is 3.91. The van der Waals surface area contributed by atoms with Gasteiger partial charge >= 0.3 is 0 Å². The van der Waals surface area contributed by atoms with Crippen LogP contribution in [0.15, 0.2) is 59.3 Å². The first-order chi connectivity index (χ1) is 13.1. The van der Waals surface area contributed by atoms with Gasteiger partial charge in [0.15, 0.2) is 0 Å². The van der Waals surface area contributed by atoms with Crippen LogP contribution in [0.25, 0.3) is 0 Å². The van der Waals surface area contributed by atoms with E-state index in [-0.39, 0.29) is 17.6 Å². The van der Waals surface area contributed by atoms with E-state index in [1.807, 2.05) is 29.0 Å². The zero-order valence-electron chi connectivity index (χ0n) is 14.6. The minimum absolute atomic E-state index is 0.0552. The molecule has 0 atom stereocenters. The van der Waals surface area contributed by atoms with Gasteiger partial charge in [0.2, 0.25) is 5.91 Å². The van der Waals surface area contributed by atoms with Gasteiger partial charge in [0.25, 0.3) is 5.91 Å². The first-order valence-electron chi connectivity index (χ1n) is 8.53. The molecule has 0 aliphatic rings. The van der Waals surface area contributed by atoms with Crippen molar-refractivity contribution < 1.29 is 14.0 Å². The van der Waals surface area contributed by atoms with Gasteiger partial charge in [-0.1, -0.05) is 12.1 Å². The summed E-state index contributed by atoms with van der Waals surface area (Å²) in [6, 6.07) is 13.4. The highest BCUT2D eigenvalue weighted by Crippen LogP contribution is 2.21. The number of carbonyl (C=O) groups is 2. The van der Waals surface area contributed by atoms with E-state index in [1.165, 1.54) is 23.5 Å². The van der Waals surface area contributed by atoms with E-state index in [0.29, 0.717) is 36.5 Å². The number of nitrogens with one attached hydrogen (secondary N) is 1. The lowest BCUT2D eigenvalue weighted by Crippen LogP contribution is -2.31. The number of rotatable bonds is 8. The average molecular weight is 403 g/mol. The molecule has 0 fully saturated rings. The van der Waals surface area contributed by atoms with Crippen LogP contribution >= 0.6 is 22.7 Å². The lowest BCUT2D eigenvalue weighted by Gasteiger charge is -2.22. The Morgan fingerprint density at radius 1 is 1.00 bits per heavy atom. The largest absolute Gasteiger partial charge is 0.351 e. The van der Waals surface area contributed by atoms with Gasteiger partial charge in [-0.15, -0.1) is 22.7 Å². The molecule has 3 rings (SSSR count). The summed E-state index contributed by atoms with van der Waals surface area (Å²) < 4.78 is 13.2. The summed E-state index contributed by atoms with van der Waals surface area (Å²) in [6.07, 6.45) is 0.839. The van der Waals surface area contributed by atoms with Crippen molar-refractivity contribution in [1.82, 2.24) is 5.32 Å². The van der Waals surface area contributed by atoms with Crippen molar-refractivity contribution >= 4 is 40.2 Å². The Morgan fingerprint density at radius 3 is 2.41 bits per heavy atom. The Kier molecular flexibility index (Phi) is 6.73. The van der Waals surface area contributed by atoms with Crippen molar-refractivity contribution in [2.45, 2.75) is 19.4 Å². The highest BCUT2D eigenvalue weighted by atomic mass is 32.1. The Balaban J connectivity index is 1.57. The van der Waals surface area contributed by atoms with E-state index in [9.17, 15) is 14.0 Å². The second kappa shape index (κ2) is 9.43. The maximum atomic E-state index is 13.2.